The summed E-state index contributed by atoms with van der Waals surface area (Å²) in [5.74, 6) is -0.0247. The molecule has 1 atom stereocenters. The van der Waals surface area contributed by atoms with Crippen LogP contribution in [0.25, 0.3) is 0 Å². The van der Waals surface area contributed by atoms with Gasteiger partial charge in [-0.2, -0.15) is 0 Å². The molecular formula is C10H19NO4S. The zero-order chi connectivity index (χ0) is 12.2. The number of rotatable bonds is 5. The highest BCUT2D eigenvalue weighted by atomic mass is 32.2. The average Bonchev–Trinajstić information content (AvgIpc) is 2.25. The van der Waals surface area contributed by atoms with Gasteiger partial charge < -0.3 is 4.74 Å². The summed E-state index contributed by atoms with van der Waals surface area (Å²) in [5, 5.41) is 0. The van der Waals surface area contributed by atoms with E-state index in [1.165, 1.54) is 0 Å². The van der Waals surface area contributed by atoms with Crippen LogP contribution in [0.5, 0.6) is 0 Å². The Morgan fingerprint density at radius 3 is 2.56 bits per heavy atom. The fourth-order valence-corrected chi connectivity index (χ4v) is 2.38. The molecule has 1 aliphatic rings. The highest BCUT2D eigenvalue weighted by Crippen LogP contribution is 2.26. The second-order valence-corrected chi connectivity index (χ2v) is 6.00. The fraction of sp³-hybridized carbons (Fsp3) is 0.900. The van der Waals surface area contributed by atoms with Crippen molar-refractivity contribution in [2.45, 2.75) is 38.2 Å². The van der Waals surface area contributed by atoms with Crippen LogP contribution in [0, 0.1) is 0 Å². The first kappa shape index (κ1) is 13.6. The van der Waals surface area contributed by atoms with E-state index < -0.39 is 15.6 Å². The van der Waals surface area contributed by atoms with Crippen LogP contribution in [0.3, 0.4) is 0 Å². The molecule has 16 heavy (non-hydrogen) atoms. The first-order chi connectivity index (χ1) is 7.40. The number of carbonyl (C=O) groups is 1. The van der Waals surface area contributed by atoms with E-state index in [0.29, 0.717) is 19.4 Å². The molecule has 94 valence electrons. The quantitative estimate of drug-likeness (QED) is 0.768. The molecule has 1 heterocycles. The van der Waals surface area contributed by atoms with Crippen LogP contribution >= 0.6 is 0 Å². The molecule has 1 rings (SSSR count). The van der Waals surface area contributed by atoms with Gasteiger partial charge in [0.15, 0.2) is 5.78 Å². The maximum Gasteiger partial charge on any atom is 0.208 e. The molecule has 0 aromatic heterocycles. The van der Waals surface area contributed by atoms with Crippen LogP contribution < -0.4 is 4.72 Å². The molecule has 0 aromatic rings. The molecule has 0 aromatic carbocycles. The van der Waals surface area contributed by atoms with Crippen molar-refractivity contribution < 1.29 is 17.9 Å². The lowest BCUT2D eigenvalue weighted by Crippen LogP contribution is -2.52. The van der Waals surface area contributed by atoms with Crippen molar-refractivity contribution in [3.05, 3.63) is 0 Å². The number of ketones is 1. The van der Waals surface area contributed by atoms with Crippen molar-refractivity contribution >= 4 is 15.8 Å². The summed E-state index contributed by atoms with van der Waals surface area (Å²) in [6, 6.07) is 0. The summed E-state index contributed by atoms with van der Waals surface area (Å²) < 4.78 is 30.0. The number of hydrogen-bond donors (Lipinski definition) is 1. The predicted molar refractivity (Wildman–Crippen MR) is 60.7 cm³/mol. The maximum atomic E-state index is 11.8. The van der Waals surface area contributed by atoms with Crippen molar-refractivity contribution in [2.75, 3.05) is 19.4 Å². The Morgan fingerprint density at radius 1 is 1.44 bits per heavy atom. The van der Waals surface area contributed by atoms with E-state index in [2.05, 4.69) is 4.72 Å². The third-order valence-corrected chi connectivity index (χ3v) is 3.47. The van der Waals surface area contributed by atoms with E-state index in [9.17, 15) is 13.2 Å². The highest BCUT2D eigenvalue weighted by molar-refractivity contribution is 7.88. The lowest BCUT2D eigenvalue weighted by atomic mass is 9.88. The van der Waals surface area contributed by atoms with Crippen LogP contribution in [0.4, 0.5) is 0 Å². The Labute approximate surface area is 96.6 Å². The average molecular weight is 249 g/mol. The van der Waals surface area contributed by atoms with E-state index in [1.807, 2.05) is 0 Å². The number of ether oxygens (including phenoxy) is 1. The first-order valence-electron chi connectivity index (χ1n) is 5.51. The minimum absolute atomic E-state index is 0.0247. The lowest BCUT2D eigenvalue weighted by Gasteiger charge is -2.35. The van der Waals surface area contributed by atoms with Crippen LogP contribution in [-0.2, 0) is 19.6 Å². The van der Waals surface area contributed by atoms with E-state index in [0.717, 1.165) is 19.1 Å². The third kappa shape index (κ3) is 3.54. The minimum Gasteiger partial charge on any atom is -0.366 e. The molecule has 0 aliphatic carbocycles. The van der Waals surface area contributed by atoms with Gasteiger partial charge in [0, 0.05) is 19.6 Å². The number of Topliss-reactive ketones (excluding diaryl/α,β-unsaturated/α-hetero) is 1. The van der Waals surface area contributed by atoms with Crippen molar-refractivity contribution in [2.24, 2.45) is 0 Å². The van der Waals surface area contributed by atoms with Crippen LogP contribution in [0.15, 0.2) is 0 Å². The van der Waals surface area contributed by atoms with Gasteiger partial charge in [-0.05, 0) is 19.3 Å². The molecule has 1 saturated heterocycles. The van der Waals surface area contributed by atoms with Crippen LogP contribution in [-0.4, -0.2) is 39.2 Å². The van der Waals surface area contributed by atoms with Gasteiger partial charge >= 0.3 is 0 Å². The third-order valence-electron chi connectivity index (χ3n) is 2.80. The lowest BCUT2D eigenvalue weighted by molar-refractivity contribution is -0.149. The molecule has 6 heteroatoms. The summed E-state index contributed by atoms with van der Waals surface area (Å²) in [7, 11) is -3.29. The molecule has 5 nitrogen and oxygen atoms in total. The van der Waals surface area contributed by atoms with Gasteiger partial charge in [0.05, 0.1) is 6.26 Å². The number of sulfonamides is 1. The number of carbonyl (C=O) groups excluding carboxylic acids is 1. The molecule has 1 unspecified atom stereocenters. The van der Waals surface area contributed by atoms with E-state index in [-0.39, 0.29) is 12.3 Å². The molecule has 1 fully saturated rings. The van der Waals surface area contributed by atoms with Crippen molar-refractivity contribution in [3.8, 4) is 0 Å². The van der Waals surface area contributed by atoms with Gasteiger partial charge in [0.2, 0.25) is 10.0 Å². The smallest absolute Gasteiger partial charge is 0.208 e. The second-order valence-electron chi connectivity index (χ2n) is 4.17. The highest BCUT2D eigenvalue weighted by Gasteiger charge is 2.39. The minimum atomic E-state index is -3.29. The largest absolute Gasteiger partial charge is 0.366 e. The van der Waals surface area contributed by atoms with Gasteiger partial charge in [-0.25, -0.2) is 13.1 Å². The summed E-state index contributed by atoms with van der Waals surface area (Å²) in [4.78, 5) is 11.8. The summed E-state index contributed by atoms with van der Waals surface area (Å²) in [6.45, 7) is 2.35. The van der Waals surface area contributed by atoms with Crippen molar-refractivity contribution in [3.63, 3.8) is 0 Å². The topological polar surface area (TPSA) is 72.5 Å². The number of hydrogen-bond acceptors (Lipinski definition) is 4. The molecule has 0 amide bonds. The van der Waals surface area contributed by atoms with Gasteiger partial charge in [-0.15, -0.1) is 0 Å². The molecule has 0 radical (unpaired) electrons. The Hall–Kier alpha value is -0.460. The SMILES string of the molecule is CCC(=O)C1(CNS(C)(=O)=O)CCCCO1. The molecule has 1 N–H and O–H groups in total. The zero-order valence-corrected chi connectivity index (χ0v) is 10.6. The molecule has 0 bridgehead atoms. The van der Waals surface area contributed by atoms with E-state index >= 15 is 0 Å². The summed E-state index contributed by atoms with van der Waals surface area (Å²) in [6.07, 6.45) is 3.88. The summed E-state index contributed by atoms with van der Waals surface area (Å²) in [5.41, 5.74) is -0.934. The Kier molecular flexibility index (Phi) is 4.46. The zero-order valence-electron chi connectivity index (χ0n) is 9.78. The van der Waals surface area contributed by atoms with Gasteiger partial charge in [-0.1, -0.05) is 6.92 Å². The van der Waals surface area contributed by atoms with E-state index in [4.69, 9.17) is 4.74 Å². The Balaban J connectivity index is 2.74. The van der Waals surface area contributed by atoms with Crippen LogP contribution in [0.2, 0.25) is 0 Å². The van der Waals surface area contributed by atoms with Crippen LogP contribution in [0.1, 0.15) is 32.6 Å². The van der Waals surface area contributed by atoms with Crippen molar-refractivity contribution in [1.82, 2.24) is 4.72 Å². The van der Waals surface area contributed by atoms with Gasteiger partial charge in [0.1, 0.15) is 5.60 Å². The fourth-order valence-electron chi connectivity index (χ4n) is 1.88. The number of nitrogens with one attached hydrogen (secondary N) is 1. The Morgan fingerprint density at radius 2 is 2.12 bits per heavy atom. The van der Waals surface area contributed by atoms with Gasteiger partial charge in [-0.3, -0.25) is 4.79 Å². The first-order valence-corrected chi connectivity index (χ1v) is 7.41. The normalized spacial score (nSPS) is 26.6. The molecular weight excluding hydrogens is 230 g/mol. The standard InChI is InChI=1S/C10H19NO4S/c1-3-9(12)10(6-4-5-7-15-10)8-11-16(2,13)14/h11H,3-8H2,1-2H3. The summed E-state index contributed by atoms with van der Waals surface area (Å²) >= 11 is 0. The molecule has 0 saturated carbocycles. The predicted octanol–water partition coefficient (Wildman–Crippen LogP) is 0.454. The maximum absolute atomic E-state index is 11.8. The van der Waals surface area contributed by atoms with Gasteiger partial charge in [0.25, 0.3) is 0 Å². The van der Waals surface area contributed by atoms with E-state index in [1.54, 1.807) is 6.92 Å². The monoisotopic (exact) mass is 249 g/mol. The Bertz CT molecular complexity index is 344. The van der Waals surface area contributed by atoms with Crippen molar-refractivity contribution in [1.29, 1.82) is 0 Å². The molecule has 1 aliphatic heterocycles. The second kappa shape index (κ2) is 5.25. The molecule has 0 spiro atoms.